The van der Waals surface area contributed by atoms with Gasteiger partial charge >= 0.3 is 18.0 Å². The lowest BCUT2D eigenvalue weighted by atomic mass is 9.93. The molecular weight excluding hydrogens is 764 g/mol. The Bertz CT molecular complexity index is 1750. The Morgan fingerprint density at radius 3 is 2.07 bits per heavy atom. The topological polar surface area (TPSA) is 171 Å². The number of halogens is 8. The molecule has 6 atom stereocenters. The summed E-state index contributed by atoms with van der Waals surface area (Å²) in [6, 6.07) is 2.73. The highest BCUT2D eigenvalue weighted by atomic mass is 32.2. The van der Waals surface area contributed by atoms with Crippen molar-refractivity contribution in [2.45, 2.75) is 68.6 Å². The number of hydrogen-bond donors (Lipinski definition) is 4. The lowest BCUT2D eigenvalue weighted by Crippen LogP contribution is -2.60. The lowest BCUT2D eigenvalue weighted by Gasteiger charge is -2.30. The van der Waals surface area contributed by atoms with Crippen molar-refractivity contribution in [2.24, 2.45) is 11.8 Å². The van der Waals surface area contributed by atoms with Crippen LogP contribution in [0, 0.1) is 17.7 Å². The number of carbonyl (C=O) groups excluding carboxylic acids is 5. The van der Waals surface area contributed by atoms with E-state index in [1.54, 1.807) is 5.32 Å². The Morgan fingerprint density at radius 1 is 0.944 bits per heavy atom. The van der Waals surface area contributed by atoms with Gasteiger partial charge in [-0.05, 0) is 55.0 Å². The van der Waals surface area contributed by atoms with E-state index in [1.807, 2.05) is 5.32 Å². The number of methoxy groups -OCH3 is 1. The minimum absolute atomic E-state index is 0.214. The van der Waals surface area contributed by atoms with Crippen LogP contribution in [0.1, 0.15) is 43.6 Å². The first-order valence-electron chi connectivity index (χ1n) is 16.0. The number of ether oxygens (including phenoxy) is 1. The van der Waals surface area contributed by atoms with Gasteiger partial charge in [-0.2, -0.15) is 30.7 Å². The second-order valence-corrected chi connectivity index (χ2v) is 13.8. The maximum absolute atomic E-state index is 15.0. The quantitative estimate of drug-likeness (QED) is 0.120. The number of nitrogens with zero attached hydrogens (tertiary/aromatic N) is 1. The van der Waals surface area contributed by atoms with E-state index in [4.69, 9.17) is 4.74 Å². The molecule has 21 heteroatoms. The van der Waals surface area contributed by atoms with Crippen molar-refractivity contribution in [2.75, 3.05) is 20.2 Å². The second-order valence-electron chi connectivity index (χ2n) is 12.7. The molecule has 1 saturated heterocycles. The molecular formula is C33H36F8N4O8S. The van der Waals surface area contributed by atoms with E-state index >= 15 is 0 Å². The molecule has 0 bridgehead atoms. The molecule has 0 spiro atoms. The SMILES string of the molecule is COc1ccc(C([C@@H]2C[C@@H](C(=O)N[C@H](C(=O)C(F)(F)C(=O)NCC(F)(F)F)C(C)C)N(C(=O)[C@H](C)NC(=O)C(F)(F)c3cccc(F)c3)C2)S(=O)O)cc1. The molecule has 0 radical (unpaired) electrons. The third kappa shape index (κ3) is 10.3. The van der Waals surface area contributed by atoms with Crippen LogP contribution in [0.4, 0.5) is 35.1 Å². The van der Waals surface area contributed by atoms with Crippen LogP contribution in [-0.2, 0) is 41.0 Å². The number of amides is 4. The number of ketones is 1. The van der Waals surface area contributed by atoms with Crippen LogP contribution >= 0.6 is 0 Å². The standard InChI is InChI=1S/C33H36F8N4O8S/c1-16(2)24(26(46)33(40,41)29(49)42-15-31(35,36)37)44-27(47)23-12-19(25(54(51)52)18-8-10-22(53-4)11-9-18)14-45(23)28(48)17(3)43-30(50)32(38,39)20-6-5-7-21(34)13-20/h5-11,13,16-17,19,23-25H,12,14-15H2,1-4H3,(H,42,49)(H,43,50)(H,44,47)(H,51,52)/t17-,19+,23-,24-,25?/m0/s1. The van der Waals surface area contributed by atoms with E-state index < -0.39 is 125 Å². The predicted molar refractivity (Wildman–Crippen MR) is 174 cm³/mol. The summed E-state index contributed by atoms with van der Waals surface area (Å²) in [7, 11) is 1.36. The van der Waals surface area contributed by atoms with E-state index in [9.17, 15) is 67.9 Å². The number of Topliss-reactive ketones (excluding diaryl/α,β-unsaturated/α-hetero) is 1. The molecule has 4 N–H and O–H groups in total. The van der Waals surface area contributed by atoms with Crippen molar-refractivity contribution in [3.05, 3.63) is 65.5 Å². The smallest absolute Gasteiger partial charge is 0.405 e. The molecule has 1 aliphatic heterocycles. The molecule has 298 valence electrons. The Labute approximate surface area is 305 Å². The maximum atomic E-state index is 15.0. The van der Waals surface area contributed by atoms with Gasteiger partial charge in [0.05, 0.1) is 18.4 Å². The molecule has 0 aliphatic carbocycles. The van der Waals surface area contributed by atoms with Gasteiger partial charge in [-0.3, -0.25) is 24.0 Å². The van der Waals surface area contributed by atoms with Gasteiger partial charge in [-0.15, -0.1) is 0 Å². The number of carbonyl (C=O) groups is 5. The number of benzene rings is 2. The van der Waals surface area contributed by atoms with Crippen LogP contribution in [0.2, 0.25) is 0 Å². The summed E-state index contributed by atoms with van der Waals surface area (Å²) >= 11 is -2.70. The van der Waals surface area contributed by atoms with Crippen LogP contribution < -0.4 is 20.7 Å². The van der Waals surface area contributed by atoms with Crippen molar-refractivity contribution in [1.29, 1.82) is 0 Å². The molecule has 3 rings (SSSR count). The van der Waals surface area contributed by atoms with E-state index in [-0.39, 0.29) is 5.56 Å². The fourth-order valence-corrected chi connectivity index (χ4v) is 6.64. The molecule has 12 nitrogen and oxygen atoms in total. The normalized spacial score (nSPS) is 18.7. The van der Waals surface area contributed by atoms with Gasteiger partial charge < -0.3 is 30.1 Å². The van der Waals surface area contributed by atoms with Crippen molar-refractivity contribution in [1.82, 2.24) is 20.9 Å². The van der Waals surface area contributed by atoms with Crippen LogP contribution in [0.15, 0.2) is 48.5 Å². The zero-order valence-corrected chi connectivity index (χ0v) is 29.7. The summed E-state index contributed by atoms with van der Waals surface area (Å²) in [5, 5.41) is 3.34. The highest BCUT2D eigenvalue weighted by Gasteiger charge is 2.53. The Hall–Kier alpha value is -4.66. The third-order valence-corrected chi connectivity index (χ3v) is 9.58. The van der Waals surface area contributed by atoms with Crippen LogP contribution in [0.25, 0.3) is 0 Å². The summed E-state index contributed by atoms with van der Waals surface area (Å²) in [5.74, 6) is -22.0. The first-order valence-corrected chi connectivity index (χ1v) is 17.2. The zero-order valence-electron chi connectivity index (χ0n) is 28.9. The molecule has 2 aromatic carbocycles. The molecule has 1 aliphatic rings. The maximum Gasteiger partial charge on any atom is 0.405 e. The van der Waals surface area contributed by atoms with Crippen LogP contribution in [0.5, 0.6) is 5.75 Å². The predicted octanol–water partition coefficient (Wildman–Crippen LogP) is 3.63. The highest BCUT2D eigenvalue weighted by Crippen LogP contribution is 2.38. The lowest BCUT2D eigenvalue weighted by molar-refractivity contribution is -0.165. The largest absolute Gasteiger partial charge is 0.497 e. The van der Waals surface area contributed by atoms with Crippen molar-refractivity contribution in [3.8, 4) is 5.75 Å². The Morgan fingerprint density at radius 2 is 1.56 bits per heavy atom. The van der Waals surface area contributed by atoms with E-state index in [2.05, 4.69) is 0 Å². The number of hydrogen-bond acceptors (Lipinski definition) is 7. The first kappa shape index (κ1) is 43.7. The number of rotatable bonds is 15. The van der Waals surface area contributed by atoms with Gasteiger partial charge in [0.1, 0.15) is 30.2 Å². The van der Waals surface area contributed by atoms with Crippen molar-refractivity contribution < 1.29 is 72.6 Å². The second kappa shape index (κ2) is 17.2. The van der Waals surface area contributed by atoms with Gasteiger partial charge in [0.2, 0.25) is 17.6 Å². The Balaban J connectivity index is 1.96. The Kier molecular flexibility index (Phi) is 13.9. The monoisotopic (exact) mass is 800 g/mol. The minimum Gasteiger partial charge on any atom is -0.497 e. The first-order chi connectivity index (χ1) is 24.9. The van der Waals surface area contributed by atoms with Gasteiger partial charge in [-0.25, -0.2) is 8.60 Å². The molecule has 1 fully saturated rings. The van der Waals surface area contributed by atoms with Crippen molar-refractivity contribution >= 4 is 40.5 Å². The zero-order chi connectivity index (χ0) is 40.9. The van der Waals surface area contributed by atoms with Gasteiger partial charge in [0.25, 0.3) is 11.8 Å². The van der Waals surface area contributed by atoms with Crippen LogP contribution in [0.3, 0.4) is 0 Å². The molecule has 0 saturated carbocycles. The summed E-state index contributed by atoms with van der Waals surface area (Å²) in [4.78, 5) is 65.7. The molecule has 54 heavy (non-hydrogen) atoms. The van der Waals surface area contributed by atoms with Gasteiger partial charge in [0, 0.05) is 12.1 Å². The number of alkyl halides is 7. The average Bonchev–Trinajstić information content (AvgIpc) is 3.53. The summed E-state index contributed by atoms with van der Waals surface area (Å²) in [6.45, 7) is 0.501. The van der Waals surface area contributed by atoms with E-state index in [0.29, 0.717) is 16.7 Å². The fourth-order valence-electron chi connectivity index (χ4n) is 5.72. The van der Waals surface area contributed by atoms with E-state index in [1.165, 1.54) is 31.4 Å². The highest BCUT2D eigenvalue weighted by molar-refractivity contribution is 7.79. The summed E-state index contributed by atoms with van der Waals surface area (Å²) in [5.41, 5.74) is -0.842. The number of likely N-dealkylation sites (tertiary alicyclic amines) is 1. The average molecular weight is 801 g/mol. The van der Waals surface area contributed by atoms with E-state index in [0.717, 1.165) is 44.3 Å². The molecule has 4 amide bonds. The van der Waals surface area contributed by atoms with Gasteiger partial charge in [0.15, 0.2) is 11.1 Å². The van der Waals surface area contributed by atoms with Crippen molar-refractivity contribution in [3.63, 3.8) is 0 Å². The summed E-state index contributed by atoms with van der Waals surface area (Å²) < 4.78 is 139. The van der Waals surface area contributed by atoms with Gasteiger partial charge in [-0.1, -0.05) is 38.1 Å². The minimum atomic E-state index is -5.11. The number of nitrogens with one attached hydrogen (secondary N) is 3. The molecule has 0 aromatic heterocycles. The molecule has 1 heterocycles. The summed E-state index contributed by atoms with van der Waals surface area (Å²) in [6.07, 6.45) is -5.61. The fraction of sp³-hybridized carbons (Fsp3) is 0.485. The van der Waals surface area contributed by atoms with Crippen LogP contribution in [-0.4, -0.2) is 93.5 Å². The molecule has 2 aromatic rings. The third-order valence-electron chi connectivity index (χ3n) is 8.49. The molecule has 2 unspecified atom stereocenters.